The van der Waals surface area contributed by atoms with Gasteiger partial charge in [0.05, 0.1) is 0 Å². The molecule has 0 atom stereocenters. The van der Waals surface area contributed by atoms with Crippen LogP contribution in [0.2, 0.25) is 0 Å². The van der Waals surface area contributed by atoms with Gasteiger partial charge >= 0.3 is 0 Å². The van der Waals surface area contributed by atoms with Crippen LogP contribution in [0.4, 0.5) is 0 Å². The smallest absolute Gasteiger partial charge is 0.00384 e. The molecule has 3 rings (SSSR count). The van der Waals surface area contributed by atoms with E-state index in [0.717, 1.165) is 0 Å². The van der Waals surface area contributed by atoms with Crippen LogP contribution in [-0.4, -0.2) is 0 Å². The molecule has 3 aliphatic carbocycles. The number of rotatable bonds is 0. The molecule has 0 aromatic rings. The molecule has 0 unspecified atom stereocenters. The quantitative estimate of drug-likeness (QED) is 0.463. The van der Waals surface area contributed by atoms with E-state index >= 15 is 0 Å². The molecule has 0 saturated carbocycles. The minimum absolute atomic E-state index is 1.35. The van der Waals surface area contributed by atoms with E-state index < -0.39 is 0 Å². The van der Waals surface area contributed by atoms with Gasteiger partial charge in [-0.1, -0.05) is 42.5 Å². The lowest BCUT2D eigenvalue weighted by Crippen LogP contribution is -1.87. The largest absolute Gasteiger partial charge is 0.0622 e. The van der Waals surface area contributed by atoms with Gasteiger partial charge in [0.1, 0.15) is 0 Å². The van der Waals surface area contributed by atoms with Gasteiger partial charge in [0.25, 0.3) is 0 Å². The topological polar surface area (TPSA) is 0 Å². The van der Waals surface area contributed by atoms with Crippen molar-refractivity contribution in [3.8, 4) is 11.1 Å². The highest BCUT2D eigenvalue weighted by atomic mass is 14.2. The van der Waals surface area contributed by atoms with E-state index in [1.165, 1.54) is 22.3 Å². The van der Waals surface area contributed by atoms with Gasteiger partial charge in [0.2, 0.25) is 0 Å². The van der Waals surface area contributed by atoms with Crippen LogP contribution in [0.3, 0.4) is 0 Å². The van der Waals surface area contributed by atoms with Crippen LogP contribution >= 0.6 is 0 Å². The molecule has 0 bridgehead atoms. The normalized spacial score (nSPS) is 12.7. The molecule has 0 spiro atoms. The molecule has 0 aromatic carbocycles. The molecular formula is C12H8. The minimum Gasteiger partial charge on any atom is -0.0622 e. The summed E-state index contributed by atoms with van der Waals surface area (Å²) in [5.41, 5.74) is 5.53. The number of hydrogen-bond donors (Lipinski definition) is 0. The average Bonchev–Trinajstić information content (AvgIpc) is 2.32. The molecule has 0 aromatic heterocycles. The zero-order valence-electron chi connectivity index (χ0n) is 6.62. The maximum Gasteiger partial charge on any atom is -0.00384 e. The van der Waals surface area contributed by atoms with E-state index in [-0.39, 0.29) is 0 Å². The van der Waals surface area contributed by atoms with Crippen LogP contribution in [0.25, 0.3) is 23.3 Å². The fourth-order valence-electron chi connectivity index (χ4n) is 1.78. The maximum atomic E-state index is 2.22. The molecule has 56 valence electrons. The van der Waals surface area contributed by atoms with Gasteiger partial charge in [-0.2, -0.15) is 0 Å². The first-order chi connectivity index (χ1) is 5.95. The molecule has 0 heterocycles. The monoisotopic (exact) mass is 152 g/mol. The highest BCUT2D eigenvalue weighted by Gasteiger charge is 2.16. The van der Waals surface area contributed by atoms with E-state index in [4.69, 9.17) is 0 Å². The minimum atomic E-state index is 1.35. The summed E-state index contributed by atoms with van der Waals surface area (Å²) in [6, 6.07) is 12.8. The van der Waals surface area contributed by atoms with Gasteiger partial charge in [-0.3, -0.25) is 0 Å². The molecule has 0 heteroatoms. The Labute approximate surface area is 71.5 Å². The first-order valence-corrected chi connectivity index (χ1v) is 4.15. The highest BCUT2D eigenvalue weighted by Crippen LogP contribution is 2.40. The Morgan fingerprint density at radius 2 is 1.58 bits per heavy atom. The fourth-order valence-corrected chi connectivity index (χ4v) is 1.78. The zero-order valence-corrected chi connectivity index (χ0v) is 6.62. The van der Waals surface area contributed by atoms with Gasteiger partial charge in [0.15, 0.2) is 0 Å². The molecule has 0 aliphatic heterocycles. The Morgan fingerprint density at radius 3 is 2.58 bits per heavy atom. The molecule has 0 fully saturated rings. The van der Waals surface area contributed by atoms with Crippen LogP contribution in [-0.2, 0) is 0 Å². The van der Waals surface area contributed by atoms with E-state index in [1.807, 2.05) is 0 Å². The van der Waals surface area contributed by atoms with Crippen molar-refractivity contribution in [2.24, 2.45) is 0 Å². The first-order valence-electron chi connectivity index (χ1n) is 4.15. The molecule has 12 heavy (non-hydrogen) atoms. The summed E-state index contributed by atoms with van der Waals surface area (Å²) in [5, 5.41) is 0. The first kappa shape index (κ1) is 6.01. The van der Waals surface area contributed by atoms with E-state index in [1.54, 1.807) is 0 Å². The second-order valence-corrected chi connectivity index (χ2v) is 3.13. The Morgan fingerprint density at radius 1 is 0.750 bits per heavy atom. The van der Waals surface area contributed by atoms with Crippen LogP contribution in [0, 0.1) is 0 Å². The van der Waals surface area contributed by atoms with Crippen molar-refractivity contribution in [1.29, 1.82) is 0 Å². The van der Waals surface area contributed by atoms with E-state index in [9.17, 15) is 0 Å². The molecule has 0 amide bonds. The fraction of sp³-hybridized carbons (Fsp3) is 0. The van der Waals surface area contributed by atoms with Crippen LogP contribution < -0.4 is 0 Å². The highest BCUT2D eigenvalue weighted by molar-refractivity contribution is 5.98. The van der Waals surface area contributed by atoms with Crippen molar-refractivity contribution >= 4 is 12.2 Å². The predicted molar refractivity (Wildman–Crippen MR) is 52.0 cm³/mol. The molecule has 0 radical (unpaired) electrons. The Balaban J connectivity index is 2.44. The van der Waals surface area contributed by atoms with Crippen molar-refractivity contribution in [2.45, 2.75) is 0 Å². The summed E-state index contributed by atoms with van der Waals surface area (Å²) >= 11 is 0. The van der Waals surface area contributed by atoms with Gasteiger partial charge < -0.3 is 0 Å². The van der Waals surface area contributed by atoms with E-state index in [0.29, 0.717) is 0 Å². The van der Waals surface area contributed by atoms with Crippen LogP contribution in [0.15, 0.2) is 36.4 Å². The molecule has 0 saturated heterocycles. The second-order valence-electron chi connectivity index (χ2n) is 3.13. The standard InChI is InChI=1S/C12H8/c1-2-4-9-6-7-11-8-10(5-3-1)12(9)11/h1-8H. The third-order valence-corrected chi connectivity index (χ3v) is 2.39. The Bertz CT molecular complexity index is 438. The predicted octanol–water partition coefficient (Wildman–Crippen LogP) is 3.28. The third kappa shape index (κ3) is 0.620. The maximum absolute atomic E-state index is 2.22. The molecule has 0 nitrogen and oxygen atoms in total. The van der Waals surface area contributed by atoms with Crippen molar-refractivity contribution in [3.05, 3.63) is 47.5 Å². The third-order valence-electron chi connectivity index (χ3n) is 2.39. The van der Waals surface area contributed by atoms with Gasteiger partial charge in [-0.05, 0) is 28.3 Å². The van der Waals surface area contributed by atoms with Crippen LogP contribution in [0.1, 0.15) is 11.1 Å². The van der Waals surface area contributed by atoms with Crippen molar-refractivity contribution < 1.29 is 0 Å². The van der Waals surface area contributed by atoms with Gasteiger partial charge in [-0.25, -0.2) is 0 Å². The summed E-state index contributed by atoms with van der Waals surface area (Å²) in [4.78, 5) is 0. The number of hydrogen-bond acceptors (Lipinski definition) is 0. The van der Waals surface area contributed by atoms with Crippen molar-refractivity contribution in [2.75, 3.05) is 0 Å². The van der Waals surface area contributed by atoms with Crippen molar-refractivity contribution in [3.63, 3.8) is 0 Å². The lowest BCUT2D eigenvalue weighted by Gasteiger charge is -2.11. The molecule has 3 aliphatic rings. The summed E-state index contributed by atoms with van der Waals surface area (Å²) < 4.78 is 0. The van der Waals surface area contributed by atoms with E-state index in [2.05, 4.69) is 48.6 Å². The Hall–Kier alpha value is -1.56. The molecular weight excluding hydrogens is 144 g/mol. The van der Waals surface area contributed by atoms with Gasteiger partial charge in [-0.15, -0.1) is 0 Å². The lowest BCUT2D eigenvalue weighted by molar-refractivity contribution is 1.56. The Kier molecular flexibility index (Phi) is 0.991. The SMILES string of the molecule is C1=Cc2cc3cccccc1c2-3. The summed E-state index contributed by atoms with van der Waals surface area (Å²) in [7, 11) is 0. The van der Waals surface area contributed by atoms with Gasteiger partial charge in [0, 0.05) is 0 Å². The summed E-state index contributed by atoms with van der Waals surface area (Å²) in [6.07, 6.45) is 4.36. The van der Waals surface area contributed by atoms with Crippen molar-refractivity contribution in [1.82, 2.24) is 0 Å². The lowest BCUT2D eigenvalue weighted by atomic mass is 9.93. The summed E-state index contributed by atoms with van der Waals surface area (Å²) in [6.45, 7) is 0. The summed E-state index contributed by atoms with van der Waals surface area (Å²) in [5.74, 6) is 0. The molecule has 0 N–H and O–H groups in total. The second kappa shape index (κ2) is 1.98. The average molecular weight is 152 g/mol. The van der Waals surface area contributed by atoms with Crippen LogP contribution in [0.5, 0.6) is 0 Å². The zero-order chi connectivity index (χ0) is 7.97.